The van der Waals surface area contributed by atoms with Crippen LogP contribution in [0.2, 0.25) is 0 Å². The van der Waals surface area contributed by atoms with E-state index in [1.807, 2.05) is 6.92 Å². The molecule has 3 heterocycles. The van der Waals surface area contributed by atoms with E-state index in [9.17, 15) is 14.0 Å². The fourth-order valence-corrected chi connectivity index (χ4v) is 4.26. The lowest BCUT2D eigenvalue weighted by Gasteiger charge is -2.34. The highest BCUT2D eigenvalue weighted by Crippen LogP contribution is 2.33. The van der Waals surface area contributed by atoms with Gasteiger partial charge in [0.15, 0.2) is 11.6 Å². The molecule has 1 aromatic carbocycles. The molecule has 4 rings (SSSR count). The summed E-state index contributed by atoms with van der Waals surface area (Å²) in [6.45, 7) is 7.92. The topological polar surface area (TPSA) is 85.2 Å². The number of halogens is 3. The van der Waals surface area contributed by atoms with Crippen LogP contribution in [0.15, 0.2) is 24.4 Å². The van der Waals surface area contributed by atoms with Crippen LogP contribution in [0.3, 0.4) is 0 Å². The highest BCUT2D eigenvalue weighted by Gasteiger charge is 2.32. The van der Waals surface area contributed by atoms with Gasteiger partial charge in [0.1, 0.15) is 17.1 Å². The molecule has 1 aliphatic rings. The predicted molar refractivity (Wildman–Crippen MR) is 130 cm³/mol. The Morgan fingerprint density at radius 1 is 1.22 bits per heavy atom. The largest absolute Gasteiger partial charge is 0.444 e. The van der Waals surface area contributed by atoms with Gasteiger partial charge in [0.25, 0.3) is 5.91 Å². The lowest BCUT2D eigenvalue weighted by Crippen LogP contribution is -2.48. The molecular weight excluding hydrogens is 489 g/mol. The number of hydrogen-bond acceptors (Lipinski definition) is 5. The Kier molecular flexibility index (Phi) is 7.18. The SMILES string of the molecule is CNC(=O)c1cc(F)c(-c2nc3cc(C)ccn3c2C[C@H]2CN(C(=O)OC(C)(C)C)CCO2)c(F)c1F. The van der Waals surface area contributed by atoms with Crippen LogP contribution in [0.4, 0.5) is 18.0 Å². The number of ether oxygens (including phenoxy) is 2. The van der Waals surface area contributed by atoms with Gasteiger partial charge in [-0.3, -0.25) is 4.79 Å². The van der Waals surface area contributed by atoms with Crippen LogP contribution >= 0.6 is 0 Å². The van der Waals surface area contributed by atoms with E-state index in [4.69, 9.17) is 9.47 Å². The summed E-state index contributed by atoms with van der Waals surface area (Å²) >= 11 is 0. The van der Waals surface area contributed by atoms with Crippen LogP contribution in [0.1, 0.15) is 42.4 Å². The number of nitrogens with one attached hydrogen (secondary N) is 1. The Balaban J connectivity index is 1.76. The minimum atomic E-state index is -1.51. The molecule has 0 saturated carbocycles. The average molecular weight is 519 g/mol. The number of fused-ring (bicyclic) bond motifs is 1. The first kappa shape index (κ1) is 26.5. The van der Waals surface area contributed by atoms with Crippen LogP contribution in [-0.4, -0.2) is 64.7 Å². The minimum Gasteiger partial charge on any atom is -0.444 e. The van der Waals surface area contributed by atoms with E-state index in [2.05, 4.69) is 10.3 Å². The molecule has 0 radical (unpaired) electrons. The van der Waals surface area contributed by atoms with Crippen molar-refractivity contribution in [2.45, 2.75) is 45.8 Å². The van der Waals surface area contributed by atoms with Crippen molar-refractivity contribution in [3.05, 3.63) is 58.7 Å². The molecule has 1 fully saturated rings. The number of morpholine rings is 1. The molecule has 0 spiro atoms. The lowest BCUT2D eigenvalue weighted by molar-refractivity contribution is -0.0418. The van der Waals surface area contributed by atoms with Crippen molar-refractivity contribution in [3.63, 3.8) is 0 Å². The van der Waals surface area contributed by atoms with Crippen LogP contribution < -0.4 is 5.32 Å². The lowest BCUT2D eigenvalue weighted by atomic mass is 10.0. The van der Waals surface area contributed by atoms with E-state index in [0.717, 1.165) is 5.56 Å². The van der Waals surface area contributed by atoms with E-state index in [1.54, 1.807) is 43.5 Å². The van der Waals surface area contributed by atoms with Crippen LogP contribution in [0.25, 0.3) is 16.9 Å². The van der Waals surface area contributed by atoms with E-state index in [1.165, 1.54) is 11.9 Å². The van der Waals surface area contributed by atoms with Gasteiger partial charge in [-0.25, -0.2) is 22.9 Å². The summed E-state index contributed by atoms with van der Waals surface area (Å²) in [5.41, 5.74) is -0.566. The number of imidazole rings is 1. The Morgan fingerprint density at radius 3 is 2.62 bits per heavy atom. The predicted octanol–water partition coefficient (Wildman–Crippen LogP) is 4.27. The van der Waals surface area contributed by atoms with E-state index >= 15 is 8.78 Å². The van der Waals surface area contributed by atoms with Gasteiger partial charge in [0.05, 0.1) is 41.8 Å². The second-order valence-corrected chi connectivity index (χ2v) is 9.95. The quantitative estimate of drug-likeness (QED) is 0.522. The molecule has 1 saturated heterocycles. The molecule has 37 heavy (non-hydrogen) atoms. The third kappa shape index (κ3) is 5.41. The smallest absolute Gasteiger partial charge is 0.410 e. The first-order chi connectivity index (χ1) is 17.4. The van der Waals surface area contributed by atoms with E-state index in [0.29, 0.717) is 24.0 Å². The number of carbonyl (C=O) groups is 2. The summed E-state index contributed by atoms with van der Waals surface area (Å²) in [4.78, 5) is 30.4. The Hall–Kier alpha value is -3.60. The zero-order valence-electron chi connectivity index (χ0n) is 21.3. The van der Waals surface area contributed by atoms with Crippen molar-refractivity contribution in [1.82, 2.24) is 19.6 Å². The molecule has 1 atom stereocenters. The molecule has 0 unspecified atom stereocenters. The Bertz CT molecular complexity index is 1370. The van der Waals surface area contributed by atoms with Crippen LogP contribution in [0.5, 0.6) is 0 Å². The number of aromatic nitrogens is 2. The number of rotatable bonds is 4. The van der Waals surface area contributed by atoms with Crippen molar-refractivity contribution in [2.24, 2.45) is 0 Å². The van der Waals surface area contributed by atoms with Gasteiger partial charge in [-0.05, 0) is 51.5 Å². The molecular formula is C26H29F3N4O4. The number of amides is 2. The molecule has 0 bridgehead atoms. The van der Waals surface area contributed by atoms with E-state index in [-0.39, 0.29) is 25.3 Å². The van der Waals surface area contributed by atoms with Crippen molar-refractivity contribution in [3.8, 4) is 11.3 Å². The number of pyridine rings is 1. The van der Waals surface area contributed by atoms with Crippen LogP contribution in [0, 0.1) is 24.4 Å². The zero-order chi connectivity index (χ0) is 27.1. The van der Waals surface area contributed by atoms with Gasteiger partial charge in [-0.2, -0.15) is 0 Å². The summed E-state index contributed by atoms with van der Waals surface area (Å²) in [5, 5.41) is 2.17. The molecule has 3 aromatic rings. The molecule has 198 valence electrons. The average Bonchev–Trinajstić information content (AvgIpc) is 3.16. The zero-order valence-corrected chi connectivity index (χ0v) is 21.3. The maximum Gasteiger partial charge on any atom is 0.410 e. The van der Waals surface area contributed by atoms with Crippen molar-refractivity contribution in [1.29, 1.82) is 0 Å². The van der Waals surface area contributed by atoms with Gasteiger partial charge in [-0.15, -0.1) is 0 Å². The third-order valence-electron chi connectivity index (χ3n) is 5.96. The van der Waals surface area contributed by atoms with E-state index < -0.39 is 52.3 Å². The monoisotopic (exact) mass is 518 g/mol. The van der Waals surface area contributed by atoms with Gasteiger partial charge >= 0.3 is 6.09 Å². The molecule has 0 aliphatic carbocycles. The standard InChI is InChI=1S/C26H29F3N4O4/c1-14-6-7-33-18(11-15-13-32(8-9-36-15)25(35)37-26(2,3)4)23(31-19(33)10-14)20-17(27)12-16(24(34)30-5)21(28)22(20)29/h6-7,10,12,15H,8-9,11,13H2,1-5H3,(H,30,34)/t15-/m0/s1. The summed E-state index contributed by atoms with van der Waals surface area (Å²) in [5.74, 6) is -5.07. The number of aryl methyl sites for hydroxylation is 1. The van der Waals surface area contributed by atoms with Gasteiger partial charge < -0.3 is 24.1 Å². The fourth-order valence-electron chi connectivity index (χ4n) is 4.26. The molecule has 2 amide bonds. The van der Waals surface area contributed by atoms with Crippen LogP contribution in [-0.2, 0) is 15.9 Å². The van der Waals surface area contributed by atoms with Crippen molar-refractivity contribution >= 4 is 17.6 Å². The van der Waals surface area contributed by atoms with Crippen molar-refractivity contribution in [2.75, 3.05) is 26.7 Å². The summed E-state index contributed by atoms with van der Waals surface area (Å²) in [6.07, 6.45) is 0.799. The number of nitrogens with zero attached hydrogens (tertiary/aromatic N) is 3. The maximum atomic E-state index is 15.3. The first-order valence-electron chi connectivity index (χ1n) is 11.9. The number of carbonyl (C=O) groups excluding carboxylic acids is 2. The molecule has 1 aliphatic heterocycles. The Labute approximate surface area is 212 Å². The normalized spacial score (nSPS) is 16.2. The summed E-state index contributed by atoms with van der Waals surface area (Å²) in [7, 11) is 1.23. The second kappa shape index (κ2) is 10.0. The highest BCUT2D eigenvalue weighted by atomic mass is 19.2. The molecule has 2 aromatic heterocycles. The van der Waals surface area contributed by atoms with Gasteiger partial charge in [0, 0.05) is 26.2 Å². The summed E-state index contributed by atoms with van der Waals surface area (Å²) < 4.78 is 58.3. The molecule has 8 nitrogen and oxygen atoms in total. The second-order valence-electron chi connectivity index (χ2n) is 9.95. The molecule has 1 N–H and O–H groups in total. The minimum absolute atomic E-state index is 0.110. The fraction of sp³-hybridized carbons (Fsp3) is 0.423. The number of benzene rings is 1. The first-order valence-corrected chi connectivity index (χ1v) is 11.9. The Morgan fingerprint density at radius 2 is 1.95 bits per heavy atom. The van der Waals surface area contributed by atoms with Gasteiger partial charge in [-0.1, -0.05) is 0 Å². The maximum absolute atomic E-state index is 15.3. The third-order valence-corrected chi connectivity index (χ3v) is 5.96. The highest BCUT2D eigenvalue weighted by molar-refractivity contribution is 5.95. The molecule has 11 heteroatoms. The summed E-state index contributed by atoms with van der Waals surface area (Å²) in [6, 6.07) is 4.19. The number of hydrogen-bond donors (Lipinski definition) is 1. The van der Waals surface area contributed by atoms with Gasteiger partial charge in [0.2, 0.25) is 0 Å². The van der Waals surface area contributed by atoms with Crippen molar-refractivity contribution < 1.29 is 32.2 Å².